The number of carbonyl (C=O) groups excluding carboxylic acids is 3. The van der Waals surface area contributed by atoms with Gasteiger partial charge < -0.3 is 51.1 Å². The monoisotopic (exact) mass is 771 g/mol. The lowest BCUT2D eigenvalue weighted by Gasteiger charge is -2.51. The van der Waals surface area contributed by atoms with E-state index in [0.717, 1.165) is 35.1 Å². The molecule has 0 spiro atoms. The van der Waals surface area contributed by atoms with Gasteiger partial charge in [-0.25, -0.2) is 14.6 Å². The molecule has 280 valence electrons. The topological polar surface area (TPSA) is 287 Å². The number of nitrogens with two attached hydrogens (primary N) is 1. The fourth-order valence-corrected chi connectivity index (χ4v) is 8.75. The number of carbonyl (C=O) groups is 5. The van der Waals surface area contributed by atoms with Crippen molar-refractivity contribution in [3.63, 3.8) is 0 Å². The molecule has 0 aliphatic carbocycles. The van der Waals surface area contributed by atoms with Crippen molar-refractivity contribution >= 4 is 74.5 Å². The van der Waals surface area contributed by atoms with Crippen molar-refractivity contribution in [2.75, 3.05) is 45.1 Å². The van der Waals surface area contributed by atoms with Gasteiger partial charge in [-0.05, 0) is 13.0 Å². The van der Waals surface area contributed by atoms with Crippen LogP contribution in [0.4, 0.5) is 5.13 Å². The van der Waals surface area contributed by atoms with Crippen molar-refractivity contribution in [2.45, 2.75) is 36.4 Å². The lowest BCUT2D eigenvalue weighted by molar-refractivity contribution is -0.911. The van der Waals surface area contributed by atoms with E-state index >= 15 is 0 Å². The summed E-state index contributed by atoms with van der Waals surface area (Å²) in [6, 6.07) is 1.13. The number of H-pyrrole nitrogens is 1. The number of oxime groups is 1. The molecule has 3 aliphatic heterocycles. The van der Waals surface area contributed by atoms with Gasteiger partial charge in [-0.2, -0.15) is 0 Å². The maximum Gasteiger partial charge on any atom is 0.352 e. The van der Waals surface area contributed by atoms with Crippen LogP contribution < -0.4 is 21.8 Å². The lowest BCUT2D eigenvalue weighted by Crippen LogP contribution is -2.71. The fourth-order valence-electron chi connectivity index (χ4n) is 6.76. The highest BCUT2D eigenvalue weighted by Crippen LogP contribution is 2.45. The first kappa shape index (κ1) is 37.1. The number of carboxylic acids is 2. The van der Waals surface area contributed by atoms with Gasteiger partial charge in [-0.15, -0.1) is 23.1 Å². The molecule has 0 saturated carbocycles. The number of carboxylic acid groups (broad SMARTS) is 2. The van der Waals surface area contributed by atoms with Crippen LogP contribution in [0.1, 0.15) is 35.8 Å². The smallest absolute Gasteiger partial charge is 0.352 e. The zero-order chi connectivity index (χ0) is 38.2. The summed E-state index contributed by atoms with van der Waals surface area (Å²) in [4.78, 5) is 89.3. The number of phenolic OH excluding ortho intramolecular Hbond substituents is 2. The Hall–Kier alpha value is -5.67. The Morgan fingerprint density at radius 1 is 1.15 bits per heavy atom. The molecule has 2 aromatic heterocycles. The predicted octanol–water partition coefficient (Wildman–Crippen LogP) is -0.0490. The molecule has 5 heterocycles. The number of benzene rings is 1. The lowest BCUT2D eigenvalue weighted by atomic mass is 9.99. The number of pyridine rings is 1. The number of phenols is 2. The Kier molecular flexibility index (Phi) is 10.3. The third-order valence-electron chi connectivity index (χ3n) is 9.35. The van der Waals surface area contributed by atoms with Crippen LogP contribution in [0, 0.1) is 0 Å². The number of hydrogen-bond acceptors (Lipinski definition) is 14. The van der Waals surface area contributed by atoms with Gasteiger partial charge >= 0.3 is 11.9 Å². The number of β-lactam (4-membered cyclic amide) rings is 1. The summed E-state index contributed by atoms with van der Waals surface area (Å²) >= 11 is 2.30. The van der Waals surface area contributed by atoms with Crippen LogP contribution in [0.5, 0.6) is 11.5 Å². The van der Waals surface area contributed by atoms with E-state index in [2.05, 4.69) is 25.8 Å². The van der Waals surface area contributed by atoms with Crippen LogP contribution in [-0.4, -0.2) is 131 Å². The first-order valence-electron chi connectivity index (χ1n) is 16.3. The van der Waals surface area contributed by atoms with Crippen LogP contribution in [-0.2, 0) is 24.0 Å². The Morgan fingerprint density at radius 2 is 1.87 bits per heavy atom. The van der Waals surface area contributed by atoms with Crippen LogP contribution in [0.3, 0.4) is 0 Å². The van der Waals surface area contributed by atoms with Crippen molar-refractivity contribution < 1.29 is 53.7 Å². The predicted molar refractivity (Wildman–Crippen MR) is 190 cm³/mol. The van der Waals surface area contributed by atoms with E-state index < -0.39 is 75.6 Å². The van der Waals surface area contributed by atoms with Crippen LogP contribution in [0.25, 0.3) is 10.9 Å². The van der Waals surface area contributed by atoms with E-state index in [1.165, 1.54) is 29.4 Å². The Morgan fingerprint density at radius 3 is 2.53 bits per heavy atom. The number of likely N-dealkylation sites (tertiary alicyclic amines) is 1. The number of quaternary nitrogens is 1. The second kappa shape index (κ2) is 14.8. The fraction of sp³-hybridized carbons (Fsp3) is 0.375. The quantitative estimate of drug-likeness (QED) is 0.0372. The number of aromatic nitrogens is 2. The summed E-state index contributed by atoms with van der Waals surface area (Å²) in [5, 5.41) is 48.2. The van der Waals surface area contributed by atoms with Gasteiger partial charge in [0.2, 0.25) is 12.0 Å². The molecule has 2 fully saturated rings. The van der Waals surface area contributed by atoms with E-state index in [4.69, 9.17) is 15.7 Å². The number of thiazole rings is 1. The minimum absolute atomic E-state index is 0.00147. The molecule has 3 atom stereocenters. The average Bonchev–Trinajstić information content (AvgIpc) is 3.76. The summed E-state index contributed by atoms with van der Waals surface area (Å²) in [6.07, 6.45) is 2.94. The summed E-state index contributed by atoms with van der Waals surface area (Å²) in [7, 11) is 0. The Labute approximate surface area is 307 Å². The second-order valence-electron chi connectivity index (χ2n) is 12.7. The number of aromatic hydroxyl groups is 2. The Balaban J connectivity index is 1.17. The second-order valence-corrected chi connectivity index (χ2v) is 15.1. The van der Waals surface area contributed by atoms with Crippen molar-refractivity contribution in [1.82, 2.24) is 25.5 Å². The number of amides is 3. The van der Waals surface area contributed by atoms with Gasteiger partial charge in [0.05, 0.1) is 37.1 Å². The molecule has 21 heteroatoms. The van der Waals surface area contributed by atoms with Crippen LogP contribution >= 0.6 is 23.1 Å². The SMILES string of the molecule is C[C@@H]1S[C@@H]2[C@H](NC(=O)/C(=N\OCC(=O)O)c3csc(N)n3)C(=O)N2C(C(=O)O)=C1C[N+]1(CCNC(=O)c2c[nH]c3cc(O)c(O)cc3c2=O)CCCC1. The van der Waals surface area contributed by atoms with Gasteiger partial charge in [0, 0.05) is 41.3 Å². The highest BCUT2D eigenvalue weighted by atomic mass is 32.2. The molecule has 19 nitrogen and oxygen atoms in total. The molecule has 3 amide bonds. The standard InChI is InChI=1S/C32H34N8O11S2/c1-14-17(11-40(5-2-3-6-40)7-4-34-27(46)16-10-35-18-9-21(42)20(41)8-15(18)26(16)45)25(31(49)50)39-29(48)24(30(39)53-14)37-28(47)23(38-51-12-22(43)44)19-13-52-32(33)36-19/h8-10,13-14,24,30H,2-7,11-12H2,1H3,(H8-,33,34,35,36,37,38,41,42,43,44,45,46,47,49,50)/p+1/t14-,24+,30+/m0/s1. The number of fused-ring (bicyclic) bond motifs is 2. The number of hydrogen-bond donors (Lipinski definition) is 8. The summed E-state index contributed by atoms with van der Waals surface area (Å²) in [5.74, 6) is -5.77. The molecule has 3 aromatic rings. The van der Waals surface area contributed by atoms with Crippen molar-refractivity contribution in [1.29, 1.82) is 0 Å². The molecular formula is C32H35N8O11S2+. The first-order chi connectivity index (χ1) is 25.2. The highest BCUT2D eigenvalue weighted by molar-refractivity contribution is 8.00. The van der Waals surface area contributed by atoms with E-state index in [0.29, 0.717) is 29.7 Å². The average molecular weight is 772 g/mol. The summed E-state index contributed by atoms with van der Waals surface area (Å²) in [5.41, 5.74) is 5.06. The van der Waals surface area contributed by atoms with Gasteiger partial charge in [0.1, 0.15) is 34.9 Å². The third kappa shape index (κ3) is 7.35. The van der Waals surface area contributed by atoms with Crippen molar-refractivity contribution in [3.8, 4) is 11.5 Å². The first-order valence-corrected chi connectivity index (χ1v) is 18.1. The largest absolute Gasteiger partial charge is 0.504 e. The molecular weight excluding hydrogens is 737 g/mol. The molecule has 2 saturated heterocycles. The zero-order valence-corrected chi connectivity index (χ0v) is 29.7. The molecule has 1 aromatic carbocycles. The van der Waals surface area contributed by atoms with E-state index in [9.17, 15) is 44.1 Å². The minimum Gasteiger partial charge on any atom is -0.504 e. The van der Waals surface area contributed by atoms with E-state index in [-0.39, 0.29) is 46.1 Å². The number of anilines is 1. The molecule has 0 unspecified atom stereocenters. The maximum absolute atomic E-state index is 13.5. The number of aliphatic carboxylic acids is 2. The normalized spacial score (nSPS) is 20.8. The number of nitrogens with zero attached hydrogens (tertiary/aromatic N) is 4. The van der Waals surface area contributed by atoms with Gasteiger partial charge in [0.25, 0.3) is 17.7 Å². The molecule has 9 N–H and O–H groups in total. The summed E-state index contributed by atoms with van der Waals surface area (Å²) < 4.78 is 0.429. The van der Waals surface area contributed by atoms with Crippen LogP contribution in [0.15, 0.2) is 44.9 Å². The van der Waals surface area contributed by atoms with Crippen molar-refractivity contribution in [3.05, 3.63) is 56.5 Å². The Bertz CT molecular complexity index is 2140. The maximum atomic E-state index is 13.5. The summed E-state index contributed by atoms with van der Waals surface area (Å²) in [6.45, 7) is 3.19. The molecule has 3 aliphatic rings. The number of nitrogen functional groups attached to an aromatic ring is 1. The van der Waals surface area contributed by atoms with E-state index in [1.807, 2.05) is 6.92 Å². The van der Waals surface area contributed by atoms with Gasteiger partial charge in [-0.1, -0.05) is 5.16 Å². The molecule has 53 heavy (non-hydrogen) atoms. The number of aromatic amines is 1. The molecule has 0 bridgehead atoms. The third-order valence-corrected chi connectivity index (χ3v) is 11.5. The number of nitrogens with one attached hydrogen (secondary N) is 3. The number of thioether (sulfide) groups is 1. The van der Waals surface area contributed by atoms with Crippen LogP contribution in [0.2, 0.25) is 0 Å². The minimum atomic E-state index is -1.33. The highest BCUT2D eigenvalue weighted by Gasteiger charge is 2.57. The molecule has 6 rings (SSSR count). The molecule has 0 radical (unpaired) electrons. The zero-order valence-electron chi connectivity index (χ0n) is 28.0. The van der Waals surface area contributed by atoms with Gasteiger partial charge in [-0.3, -0.25) is 24.1 Å². The van der Waals surface area contributed by atoms with E-state index in [1.54, 1.807) is 0 Å². The van der Waals surface area contributed by atoms with Gasteiger partial charge in [0.15, 0.2) is 22.3 Å². The number of rotatable bonds is 13. The van der Waals surface area contributed by atoms with Crippen molar-refractivity contribution in [2.24, 2.45) is 5.16 Å².